The first-order valence-corrected chi connectivity index (χ1v) is 5.75. The van der Waals surface area contributed by atoms with Crippen molar-refractivity contribution in [2.24, 2.45) is 5.73 Å². The van der Waals surface area contributed by atoms with Crippen LogP contribution in [-0.2, 0) is 14.4 Å². The molecule has 0 radical (unpaired) electrons. The van der Waals surface area contributed by atoms with Crippen molar-refractivity contribution in [3.63, 3.8) is 0 Å². The number of carbonyl (C=O) groups is 3. The Morgan fingerprint density at radius 2 is 1.82 bits per heavy atom. The van der Waals surface area contributed by atoms with Gasteiger partial charge in [0.05, 0.1) is 6.54 Å². The highest BCUT2D eigenvalue weighted by atomic mass is 16.4. The number of primary amides is 1. The summed E-state index contributed by atoms with van der Waals surface area (Å²) in [7, 11) is 0. The second-order valence-electron chi connectivity index (χ2n) is 3.88. The third-order valence-corrected chi connectivity index (χ3v) is 2.26. The molecule has 0 aromatic rings. The van der Waals surface area contributed by atoms with E-state index >= 15 is 0 Å². The highest BCUT2D eigenvalue weighted by Gasteiger charge is 2.15. The highest BCUT2D eigenvalue weighted by Crippen LogP contribution is 2.03. The number of nitrogens with zero attached hydrogens (tertiary/aromatic N) is 1. The Morgan fingerprint density at radius 1 is 1.18 bits per heavy atom. The van der Waals surface area contributed by atoms with Crippen molar-refractivity contribution >= 4 is 17.8 Å². The zero-order chi connectivity index (χ0) is 13.3. The summed E-state index contributed by atoms with van der Waals surface area (Å²) in [5, 5.41) is 8.45. The lowest BCUT2D eigenvalue weighted by Crippen LogP contribution is -2.39. The smallest absolute Gasteiger partial charge is 0.303 e. The van der Waals surface area contributed by atoms with Gasteiger partial charge in [0.15, 0.2) is 0 Å². The van der Waals surface area contributed by atoms with E-state index in [9.17, 15) is 14.4 Å². The second kappa shape index (κ2) is 8.55. The van der Waals surface area contributed by atoms with Crippen molar-refractivity contribution in [3.05, 3.63) is 0 Å². The van der Waals surface area contributed by atoms with Crippen LogP contribution in [-0.4, -0.2) is 40.9 Å². The zero-order valence-electron chi connectivity index (χ0n) is 10.1. The third kappa shape index (κ3) is 8.24. The largest absolute Gasteiger partial charge is 0.481 e. The maximum Gasteiger partial charge on any atom is 0.303 e. The Kier molecular flexibility index (Phi) is 7.75. The fourth-order valence-electron chi connectivity index (χ4n) is 1.38. The van der Waals surface area contributed by atoms with Crippen LogP contribution in [0.4, 0.5) is 0 Å². The van der Waals surface area contributed by atoms with Crippen molar-refractivity contribution in [2.45, 2.75) is 39.0 Å². The molecule has 0 heterocycles. The first-order valence-electron chi connectivity index (χ1n) is 5.75. The summed E-state index contributed by atoms with van der Waals surface area (Å²) in [4.78, 5) is 34.2. The van der Waals surface area contributed by atoms with Crippen LogP contribution in [0.1, 0.15) is 39.0 Å². The lowest BCUT2D eigenvalue weighted by atomic mass is 10.2. The molecule has 0 bridgehead atoms. The van der Waals surface area contributed by atoms with Crippen LogP contribution < -0.4 is 5.73 Å². The van der Waals surface area contributed by atoms with Gasteiger partial charge in [-0.05, 0) is 12.8 Å². The summed E-state index contributed by atoms with van der Waals surface area (Å²) in [6, 6.07) is 0. The molecule has 0 aliphatic heterocycles. The molecule has 0 aromatic carbocycles. The molecule has 0 aliphatic carbocycles. The number of amides is 2. The van der Waals surface area contributed by atoms with Crippen LogP contribution in [0.15, 0.2) is 0 Å². The standard InChI is InChI=1S/C11H20N2O4/c1-2-3-7-13(8-9(12)14)10(15)5-4-6-11(16)17/h2-8H2,1H3,(H2,12,14)(H,16,17). The molecule has 0 atom stereocenters. The SMILES string of the molecule is CCCCN(CC(N)=O)C(=O)CCCC(=O)O. The number of hydrogen-bond acceptors (Lipinski definition) is 3. The maximum absolute atomic E-state index is 11.7. The summed E-state index contributed by atoms with van der Waals surface area (Å²) in [6.45, 7) is 2.38. The van der Waals surface area contributed by atoms with E-state index in [2.05, 4.69) is 0 Å². The molecule has 3 N–H and O–H groups in total. The molecule has 0 aromatic heterocycles. The predicted molar refractivity (Wildman–Crippen MR) is 62.2 cm³/mol. The molecule has 0 fully saturated rings. The van der Waals surface area contributed by atoms with Crippen LogP contribution in [0.25, 0.3) is 0 Å². The van der Waals surface area contributed by atoms with Gasteiger partial charge in [-0.25, -0.2) is 0 Å². The molecule has 6 nitrogen and oxygen atoms in total. The van der Waals surface area contributed by atoms with Crippen molar-refractivity contribution in [3.8, 4) is 0 Å². The van der Waals surface area contributed by atoms with Crippen molar-refractivity contribution in [1.82, 2.24) is 4.90 Å². The van der Waals surface area contributed by atoms with Crippen molar-refractivity contribution in [1.29, 1.82) is 0 Å². The fourth-order valence-corrected chi connectivity index (χ4v) is 1.38. The molecule has 0 aliphatic rings. The minimum Gasteiger partial charge on any atom is -0.481 e. The van der Waals surface area contributed by atoms with Gasteiger partial charge in [0.2, 0.25) is 11.8 Å². The van der Waals surface area contributed by atoms with Crippen LogP contribution in [0.2, 0.25) is 0 Å². The van der Waals surface area contributed by atoms with Crippen molar-refractivity contribution < 1.29 is 19.5 Å². The minimum atomic E-state index is -0.923. The average molecular weight is 244 g/mol. The van der Waals surface area contributed by atoms with E-state index < -0.39 is 11.9 Å². The van der Waals surface area contributed by atoms with Crippen LogP contribution >= 0.6 is 0 Å². The van der Waals surface area contributed by atoms with E-state index in [1.54, 1.807) is 0 Å². The quantitative estimate of drug-likeness (QED) is 0.611. The van der Waals surface area contributed by atoms with Gasteiger partial charge >= 0.3 is 5.97 Å². The summed E-state index contributed by atoms with van der Waals surface area (Å²) in [5.74, 6) is -1.68. The Hall–Kier alpha value is -1.59. The van der Waals surface area contributed by atoms with Gasteiger partial charge in [-0.2, -0.15) is 0 Å². The first-order chi connectivity index (χ1) is 7.97. The molecule has 17 heavy (non-hydrogen) atoms. The number of nitrogens with two attached hydrogens (primary N) is 1. The van der Waals surface area contributed by atoms with E-state index in [0.29, 0.717) is 6.54 Å². The topological polar surface area (TPSA) is 101 Å². The second-order valence-corrected chi connectivity index (χ2v) is 3.88. The van der Waals surface area contributed by atoms with Crippen LogP contribution in [0, 0.1) is 0 Å². The summed E-state index contributed by atoms with van der Waals surface area (Å²) >= 11 is 0. The number of carboxylic acid groups (broad SMARTS) is 1. The average Bonchev–Trinajstić information content (AvgIpc) is 2.22. The summed E-state index contributed by atoms with van der Waals surface area (Å²) in [5.41, 5.74) is 5.05. The van der Waals surface area contributed by atoms with E-state index in [0.717, 1.165) is 12.8 Å². The molecule has 98 valence electrons. The van der Waals surface area contributed by atoms with Crippen LogP contribution in [0.3, 0.4) is 0 Å². The van der Waals surface area contributed by atoms with Gasteiger partial charge < -0.3 is 15.7 Å². The van der Waals surface area contributed by atoms with E-state index in [1.807, 2.05) is 6.92 Å². The van der Waals surface area contributed by atoms with Gasteiger partial charge in [0.1, 0.15) is 0 Å². The predicted octanol–water partition coefficient (Wildman–Crippen LogP) is 0.355. The number of hydrogen-bond donors (Lipinski definition) is 2. The monoisotopic (exact) mass is 244 g/mol. The Bertz CT molecular complexity index is 279. The summed E-state index contributed by atoms with van der Waals surface area (Å²) < 4.78 is 0. The molecular weight excluding hydrogens is 224 g/mol. The molecule has 0 spiro atoms. The van der Waals surface area contributed by atoms with Gasteiger partial charge in [-0.3, -0.25) is 14.4 Å². The summed E-state index contributed by atoms with van der Waals surface area (Å²) in [6.07, 6.45) is 2.11. The van der Waals surface area contributed by atoms with Gasteiger partial charge in [-0.15, -0.1) is 0 Å². The fraction of sp³-hybridized carbons (Fsp3) is 0.727. The van der Waals surface area contributed by atoms with E-state index in [4.69, 9.17) is 10.8 Å². The van der Waals surface area contributed by atoms with Crippen LogP contribution in [0.5, 0.6) is 0 Å². The minimum absolute atomic E-state index is 0.0378. The van der Waals surface area contributed by atoms with Crippen molar-refractivity contribution in [2.75, 3.05) is 13.1 Å². The highest BCUT2D eigenvalue weighted by molar-refractivity contribution is 5.84. The third-order valence-electron chi connectivity index (χ3n) is 2.26. The number of unbranched alkanes of at least 4 members (excludes halogenated alkanes) is 1. The number of carbonyl (C=O) groups excluding carboxylic acids is 2. The maximum atomic E-state index is 11.7. The Labute approximate surface area is 101 Å². The van der Waals surface area contributed by atoms with Gasteiger partial charge in [0, 0.05) is 19.4 Å². The van der Waals surface area contributed by atoms with E-state index in [1.165, 1.54) is 4.90 Å². The zero-order valence-corrected chi connectivity index (χ0v) is 10.1. The van der Waals surface area contributed by atoms with E-state index in [-0.39, 0.29) is 31.7 Å². The molecule has 0 rings (SSSR count). The number of rotatable bonds is 9. The molecule has 0 unspecified atom stereocenters. The Morgan fingerprint density at radius 3 is 2.29 bits per heavy atom. The molecular formula is C11H20N2O4. The molecule has 0 saturated heterocycles. The first kappa shape index (κ1) is 15.4. The van der Waals surface area contributed by atoms with Gasteiger partial charge in [0.25, 0.3) is 0 Å². The van der Waals surface area contributed by atoms with Gasteiger partial charge in [-0.1, -0.05) is 13.3 Å². The molecule has 6 heteroatoms. The molecule has 2 amide bonds. The Balaban J connectivity index is 4.11. The lowest BCUT2D eigenvalue weighted by molar-refractivity contribution is -0.138. The number of aliphatic carboxylic acids is 1. The number of carboxylic acids is 1. The normalized spacial score (nSPS) is 9.94. The lowest BCUT2D eigenvalue weighted by Gasteiger charge is -2.20. The molecule has 0 saturated carbocycles.